The summed E-state index contributed by atoms with van der Waals surface area (Å²) in [6.07, 6.45) is 4.09. The van der Waals surface area contributed by atoms with Gasteiger partial charge in [-0.25, -0.2) is 0 Å². The maximum atomic E-state index is 3.96. The third-order valence-electron chi connectivity index (χ3n) is 1.72. The van der Waals surface area contributed by atoms with Crippen molar-refractivity contribution < 1.29 is 0 Å². The maximum absolute atomic E-state index is 3.96. The molecule has 0 unspecified atom stereocenters. The van der Waals surface area contributed by atoms with Crippen LogP contribution >= 0.6 is 0 Å². The second kappa shape index (κ2) is 2.25. The topological polar surface area (TPSA) is 37.8 Å². The van der Waals surface area contributed by atoms with Crippen LogP contribution in [0.1, 0.15) is 12.0 Å². The zero-order valence-corrected chi connectivity index (χ0v) is 5.67. The summed E-state index contributed by atoms with van der Waals surface area (Å²) < 4.78 is 0. The summed E-state index contributed by atoms with van der Waals surface area (Å²) in [6.45, 7) is 1.03. The molecule has 1 aliphatic heterocycles. The highest BCUT2D eigenvalue weighted by atomic mass is 15.2. The van der Waals surface area contributed by atoms with Gasteiger partial charge >= 0.3 is 0 Å². The van der Waals surface area contributed by atoms with Crippen molar-refractivity contribution >= 4 is 5.82 Å². The van der Waals surface area contributed by atoms with Crippen LogP contribution in [0.4, 0.5) is 5.82 Å². The quantitative estimate of drug-likeness (QED) is 0.572. The number of nitrogens with one attached hydrogen (secondary N) is 1. The van der Waals surface area contributed by atoms with Crippen LogP contribution in [0.2, 0.25) is 0 Å². The van der Waals surface area contributed by atoms with Crippen molar-refractivity contribution in [2.45, 2.75) is 12.8 Å². The molecule has 3 heteroatoms. The van der Waals surface area contributed by atoms with E-state index < -0.39 is 0 Å². The van der Waals surface area contributed by atoms with Gasteiger partial charge in [0.2, 0.25) is 0 Å². The van der Waals surface area contributed by atoms with Crippen molar-refractivity contribution in [2.75, 3.05) is 11.9 Å². The number of fused-ring (bicyclic) bond motifs is 1. The fourth-order valence-electron chi connectivity index (χ4n) is 1.19. The fourth-order valence-corrected chi connectivity index (χ4v) is 1.19. The Morgan fingerprint density at radius 2 is 2.50 bits per heavy atom. The Hall–Kier alpha value is -1.12. The van der Waals surface area contributed by atoms with Crippen LogP contribution in [0.25, 0.3) is 0 Å². The van der Waals surface area contributed by atoms with Crippen LogP contribution in [0.5, 0.6) is 0 Å². The van der Waals surface area contributed by atoms with Crippen LogP contribution < -0.4 is 5.32 Å². The molecule has 1 aliphatic rings. The lowest BCUT2D eigenvalue weighted by Gasteiger charge is -2.14. The summed E-state index contributed by atoms with van der Waals surface area (Å²) in [5, 5.41) is 10.9. The molecule has 1 aromatic rings. The van der Waals surface area contributed by atoms with E-state index in [-0.39, 0.29) is 0 Å². The van der Waals surface area contributed by atoms with Crippen LogP contribution in [-0.4, -0.2) is 16.7 Å². The number of anilines is 1. The van der Waals surface area contributed by atoms with E-state index in [0.29, 0.717) is 0 Å². The highest BCUT2D eigenvalue weighted by molar-refractivity contribution is 5.44. The Balaban J connectivity index is 2.41. The van der Waals surface area contributed by atoms with Crippen molar-refractivity contribution in [2.24, 2.45) is 0 Å². The van der Waals surface area contributed by atoms with E-state index >= 15 is 0 Å². The third kappa shape index (κ3) is 0.835. The number of aryl methyl sites for hydroxylation is 1. The fraction of sp³-hybridized carbons (Fsp3) is 0.429. The number of aromatic nitrogens is 2. The molecule has 0 amide bonds. The monoisotopic (exact) mass is 135 g/mol. The van der Waals surface area contributed by atoms with Crippen LogP contribution in [0.3, 0.4) is 0 Å². The molecule has 10 heavy (non-hydrogen) atoms. The van der Waals surface area contributed by atoms with Gasteiger partial charge in [0.15, 0.2) is 5.82 Å². The minimum atomic E-state index is 0.966. The lowest BCUT2D eigenvalue weighted by Crippen LogP contribution is -2.13. The predicted octanol–water partition coefficient (Wildman–Crippen LogP) is 0.835. The Morgan fingerprint density at radius 3 is 3.40 bits per heavy atom. The van der Waals surface area contributed by atoms with Gasteiger partial charge in [-0.3, -0.25) is 0 Å². The van der Waals surface area contributed by atoms with E-state index in [1.807, 2.05) is 6.07 Å². The molecule has 2 heterocycles. The zero-order valence-electron chi connectivity index (χ0n) is 5.67. The molecule has 0 spiro atoms. The molecule has 0 fully saturated rings. The van der Waals surface area contributed by atoms with Gasteiger partial charge in [0.05, 0.1) is 6.20 Å². The van der Waals surface area contributed by atoms with E-state index in [1.165, 1.54) is 12.0 Å². The van der Waals surface area contributed by atoms with E-state index in [1.54, 1.807) is 6.20 Å². The van der Waals surface area contributed by atoms with Crippen molar-refractivity contribution in [1.29, 1.82) is 0 Å². The average molecular weight is 135 g/mol. The Labute approximate surface area is 59.5 Å². The number of hydrogen-bond donors (Lipinski definition) is 1. The van der Waals surface area contributed by atoms with Gasteiger partial charge in [-0.15, -0.1) is 5.10 Å². The van der Waals surface area contributed by atoms with Crippen LogP contribution in [-0.2, 0) is 6.42 Å². The van der Waals surface area contributed by atoms with Gasteiger partial charge in [-0.05, 0) is 24.5 Å². The zero-order chi connectivity index (χ0) is 6.81. The standard InChI is InChI=1S/C7H9N3/c1-2-6-3-5-9-10-7(6)8-4-1/h3,5H,1-2,4H2,(H,8,10). The molecule has 0 atom stereocenters. The first-order valence-corrected chi connectivity index (χ1v) is 3.51. The first-order valence-electron chi connectivity index (χ1n) is 3.51. The molecule has 0 aromatic carbocycles. The van der Waals surface area contributed by atoms with E-state index in [0.717, 1.165) is 18.8 Å². The summed E-state index contributed by atoms with van der Waals surface area (Å²) in [5.41, 5.74) is 1.29. The summed E-state index contributed by atoms with van der Waals surface area (Å²) in [6, 6.07) is 2.02. The summed E-state index contributed by atoms with van der Waals surface area (Å²) in [4.78, 5) is 0. The molecule has 1 aromatic heterocycles. The van der Waals surface area contributed by atoms with E-state index in [2.05, 4.69) is 15.5 Å². The van der Waals surface area contributed by atoms with Gasteiger partial charge in [0.1, 0.15) is 0 Å². The highest BCUT2D eigenvalue weighted by Gasteiger charge is 2.07. The lowest BCUT2D eigenvalue weighted by molar-refractivity contribution is 0.801. The lowest BCUT2D eigenvalue weighted by atomic mass is 10.1. The summed E-state index contributed by atoms with van der Waals surface area (Å²) >= 11 is 0. The minimum absolute atomic E-state index is 0.966. The molecule has 3 nitrogen and oxygen atoms in total. The SMILES string of the molecule is c1cc2c(nn1)NCCC2. The molecule has 2 rings (SSSR count). The van der Waals surface area contributed by atoms with Crippen molar-refractivity contribution in [3.63, 3.8) is 0 Å². The average Bonchev–Trinajstić information content (AvgIpc) is 2.05. The molecular weight excluding hydrogens is 126 g/mol. The van der Waals surface area contributed by atoms with Crippen molar-refractivity contribution in [3.05, 3.63) is 17.8 Å². The molecule has 0 aliphatic carbocycles. The van der Waals surface area contributed by atoms with Gasteiger partial charge in [0.25, 0.3) is 0 Å². The van der Waals surface area contributed by atoms with Crippen LogP contribution in [0.15, 0.2) is 12.3 Å². The van der Waals surface area contributed by atoms with E-state index in [4.69, 9.17) is 0 Å². The smallest absolute Gasteiger partial charge is 0.151 e. The Bertz CT molecular complexity index is 209. The molecule has 0 bridgehead atoms. The van der Waals surface area contributed by atoms with Crippen molar-refractivity contribution in [1.82, 2.24) is 10.2 Å². The Morgan fingerprint density at radius 1 is 1.50 bits per heavy atom. The van der Waals surface area contributed by atoms with Gasteiger partial charge < -0.3 is 5.32 Å². The number of nitrogens with zero attached hydrogens (tertiary/aromatic N) is 2. The maximum Gasteiger partial charge on any atom is 0.151 e. The molecule has 0 saturated carbocycles. The van der Waals surface area contributed by atoms with Crippen molar-refractivity contribution in [3.8, 4) is 0 Å². The van der Waals surface area contributed by atoms with E-state index in [9.17, 15) is 0 Å². The second-order valence-electron chi connectivity index (χ2n) is 2.44. The molecule has 52 valence electrons. The third-order valence-corrected chi connectivity index (χ3v) is 1.72. The predicted molar refractivity (Wildman–Crippen MR) is 38.8 cm³/mol. The van der Waals surface area contributed by atoms with Gasteiger partial charge in [-0.1, -0.05) is 0 Å². The summed E-state index contributed by atoms with van der Waals surface area (Å²) in [7, 11) is 0. The highest BCUT2D eigenvalue weighted by Crippen LogP contribution is 2.16. The first-order chi connectivity index (χ1) is 4.97. The van der Waals surface area contributed by atoms with Gasteiger partial charge in [-0.2, -0.15) is 5.10 Å². The molecule has 0 saturated heterocycles. The first kappa shape index (κ1) is 5.65. The largest absolute Gasteiger partial charge is 0.368 e. The number of hydrogen-bond acceptors (Lipinski definition) is 3. The molecule has 1 N–H and O–H groups in total. The second-order valence-corrected chi connectivity index (χ2v) is 2.44. The Kier molecular flexibility index (Phi) is 1.27. The summed E-state index contributed by atoms with van der Waals surface area (Å²) in [5.74, 6) is 0.966. The van der Waals surface area contributed by atoms with Crippen LogP contribution in [0, 0.1) is 0 Å². The van der Waals surface area contributed by atoms with Gasteiger partial charge in [0, 0.05) is 6.54 Å². The normalized spacial score (nSPS) is 15.6. The molecule has 0 radical (unpaired) electrons. The number of rotatable bonds is 0. The molecular formula is C7H9N3. The minimum Gasteiger partial charge on any atom is -0.368 e.